The van der Waals surface area contributed by atoms with Gasteiger partial charge in [0.1, 0.15) is 0 Å². The van der Waals surface area contributed by atoms with Gasteiger partial charge in [0.05, 0.1) is 5.92 Å². The highest BCUT2D eigenvalue weighted by Crippen LogP contribution is 2.39. The van der Waals surface area contributed by atoms with E-state index in [0.29, 0.717) is 6.42 Å². The summed E-state index contributed by atoms with van der Waals surface area (Å²) in [7, 11) is 1.87. The number of hydrogen-bond donors (Lipinski definition) is 2. The van der Waals surface area contributed by atoms with Crippen molar-refractivity contribution in [2.45, 2.75) is 18.4 Å². The Morgan fingerprint density at radius 1 is 1.43 bits per heavy atom. The molecule has 0 fully saturated rings. The van der Waals surface area contributed by atoms with Crippen molar-refractivity contribution >= 4 is 5.97 Å². The Hall–Kier alpha value is -1.35. The van der Waals surface area contributed by atoms with E-state index in [9.17, 15) is 4.79 Å². The van der Waals surface area contributed by atoms with E-state index in [1.807, 2.05) is 31.3 Å². The molecule has 0 aromatic heterocycles. The number of benzene rings is 1. The standard InChI is InChI=1S/C11H13NO2/c1-12-10-6-9(11(13)14)7-4-2-3-5-8(7)10/h2-5,9-10,12H,6H2,1H3,(H,13,14)/t9?,10-/m1/s1. The van der Waals surface area contributed by atoms with Crippen LogP contribution in [0.5, 0.6) is 0 Å². The van der Waals surface area contributed by atoms with E-state index in [4.69, 9.17) is 5.11 Å². The summed E-state index contributed by atoms with van der Waals surface area (Å²) in [6, 6.07) is 7.94. The highest BCUT2D eigenvalue weighted by atomic mass is 16.4. The van der Waals surface area contributed by atoms with Gasteiger partial charge in [0.25, 0.3) is 0 Å². The number of carboxylic acid groups (broad SMARTS) is 1. The third-order valence-corrected chi connectivity index (χ3v) is 2.86. The van der Waals surface area contributed by atoms with Gasteiger partial charge in [-0.15, -0.1) is 0 Å². The van der Waals surface area contributed by atoms with Crippen molar-refractivity contribution in [2.24, 2.45) is 0 Å². The number of fused-ring (bicyclic) bond motifs is 1. The zero-order valence-corrected chi connectivity index (χ0v) is 8.03. The van der Waals surface area contributed by atoms with Crippen LogP contribution in [-0.2, 0) is 4.79 Å². The third-order valence-electron chi connectivity index (χ3n) is 2.86. The van der Waals surface area contributed by atoms with Crippen molar-refractivity contribution in [2.75, 3.05) is 7.05 Å². The van der Waals surface area contributed by atoms with E-state index in [2.05, 4.69) is 5.32 Å². The molecule has 2 atom stereocenters. The van der Waals surface area contributed by atoms with Crippen LogP contribution in [0.4, 0.5) is 0 Å². The Bertz CT molecular complexity index is 362. The molecule has 1 aliphatic rings. The summed E-state index contributed by atoms with van der Waals surface area (Å²) in [5.74, 6) is -1.07. The normalized spacial score (nSPS) is 24.6. The lowest BCUT2D eigenvalue weighted by Gasteiger charge is -2.08. The summed E-state index contributed by atoms with van der Waals surface area (Å²) in [4.78, 5) is 11.0. The van der Waals surface area contributed by atoms with Crippen LogP contribution >= 0.6 is 0 Å². The number of aliphatic carboxylic acids is 1. The van der Waals surface area contributed by atoms with Crippen molar-refractivity contribution < 1.29 is 9.90 Å². The van der Waals surface area contributed by atoms with Crippen LogP contribution < -0.4 is 5.32 Å². The quantitative estimate of drug-likeness (QED) is 0.745. The number of rotatable bonds is 2. The second-order valence-electron chi connectivity index (χ2n) is 3.60. The van der Waals surface area contributed by atoms with Crippen LogP contribution in [0, 0.1) is 0 Å². The summed E-state index contributed by atoms with van der Waals surface area (Å²) < 4.78 is 0. The van der Waals surface area contributed by atoms with Crippen LogP contribution in [0.2, 0.25) is 0 Å². The van der Waals surface area contributed by atoms with Gasteiger partial charge in [-0.05, 0) is 24.6 Å². The minimum Gasteiger partial charge on any atom is -0.481 e. The van der Waals surface area contributed by atoms with Crippen LogP contribution in [-0.4, -0.2) is 18.1 Å². The maximum absolute atomic E-state index is 11.0. The van der Waals surface area contributed by atoms with Gasteiger partial charge in [0.2, 0.25) is 0 Å². The Morgan fingerprint density at radius 2 is 2.07 bits per heavy atom. The van der Waals surface area contributed by atoms with Gasteiger partial charge in [-0.3, -0.25) is 4.79 Å². The Balaban J connectivity index is 2.43. The second kappa shape index (κ2) is 3.42. The molecule has 0 saturated carbocycles. The fraction of sp³-hybridized carbons (Fsp3) is 0.364. The predicted molar refractivity (Wildman–Crippen MR) is 53.2 cm³/mol. The zero-order valence-electron chi connectivity index (χ0n) is 8.03. The number of nitrogens with one attached hydrogen (secondary N) is 1. The fourth-order valence-corrected chi connectivity index (χ4v) is 2.14. The topological polar surface area (TPSA) is 49.3 Å². The predicted octanol–water partition coefficient (Wildman–Crippen LogP) is 1.52. The van der Waals surface area contributed by atoms with Gasteiger partial charge < -0.3 is 10.4 Å². The smallest absolute Gasteiger partial charge is 0.311 e. The van der Waals surface area contributed by atoms with E-state index in [-0.39, 0.29) is 12.0 Å². The minimum atomic E-state index is -0.727. The lowest BCUT2D eigenvalue weighted by molar-refractivity contribution is -0.138. The Labute approximate surface area is 82.8 Å². The SMILES string of the molecule is CN[C@@H]1CC(C(=O)O)c2ccccc21. The number of carbonyl (C=O) groups is 1. The van der Waals surface area contributed by atoms with Gasteiger partial charge in [-0.1, -0.05) is 24.3 Å². The summed E-state index contributed by atoms with van der Waals surface area (Å²) >= 11 is 0. The first-order valence-electron chi connectivity index (χ1n) is 4.73. The van der Waals surface area contributed by atoms with E-state index in [1.165, 1.54) is 0 Å². The van der Waals surface area contributed by atoms with E-state index >= 15 is 0 Å². The van der Waals surface area contributed by atoms with Crippen LogP contribution in [0.1, 0.15) is 29.5 Å². The average molecular weight is 191 g/mol. The molecule has 14 heavy (non-hydrogen) atoms. The van der Waals surface area contributed by atoms with Gasteiger partial charge >= 0.3 is 5.97 Å². The van der Waals surface area contributed by atoms with Crippen molar-refractivity contribution in [3.63, 3.8) is 0 Å². The molecule has 1 aromatic carbocycles. The van der Waals surface area contributed by atoms with Crippen LogP contribution in [0.25, 0.3) is 0 Å². The minimum absolute atomic E-state index is 0.187. The Kier molecular flexibility index (Phi) is 2.25. The molecule has 0 amide bonds. The molecule has 3 nitrogen and oxygen atoms in total. The monoisotopic (exact) mass is 191 g/mol. The van der Waals surface area contributed by atoms with E-state index in [1.54, 1.807) is 0 Å². The average Bonchev–Trinajstić information content (AvgIpc) is 2.56. The van der Waals surface area contributed by atoms with Gasteiger partial charge in [0, 0.05) is 6.04 Å². The maximum Gasteiger partial charge on any atom is 0.311 e. The summed E-state index contributed by atoms with van der Waals surface area (Å²) in [5, 5.41) is 12.2. The van der Waals surface area contributed by atoms with Crippen molar-refractivity contribution in [1.29, 1.82) is 0 Å². The molecular formula is C11H13NO2. The number of carboxylic acids is 1. The molecule has 2 rings (SSSR count). The first-order valence-corrected chi connectivity index (χ1v) is 4.73. The lowest BCUT2D eigenvalue weighted by atomic mass is 10.0. The molecule has 74 valence electrons. The van der Waals surface area contributed by atoms with Gasteiger partial charge in [-0.2, -0.15) is 0 Å². The molecule has 1 aromatic rings. The molecule has 0 spiro atoms. The largest absolute Gasteiger partial charge is 0.481 e. The highest BCUT2D eigenvalue weighted by molar-refractivity contribution is 5.78. The summed E-state index contributed by atoms with van der Waals surface area (Å²) in [5.41, 5.74) is 2.08. The molecule has 2 N–H and O–H groups in total. The molecule has 1 unspecified atom stereocenters. The van der Waals surface area contributed by atoms with Crippen molar-refractivity contribution in [3.8, 4) is 0 Å². The van der Waals surface area contributed by atoms with Gasteiger partial charge in [0.15, 0.2) is 0 Å². The zero-order chi connectivity index (χ0) is 10.1. The van der Waals surface area contributed by atoms with E-state index in [0.717, 1.165) is 11.1 Å². The third kappa shape index (κ3) is 1.30. The first-order chi connectivity index (χ1) is 6.74. The molecule has 3 heteroatoms. The molecule has 0 radical (unpaired) electrons. The molecule has 0 bridgehead atoms. The molecule has 0 aliphatic heterocycles. The molecular weight excluding hydrogens is 178 g/mol. The summed E-state index contributed by atoms with van der Waals surface area (Å²) in [6.07, 6.45) is 0.658. The van der Waals surface area contributed by atoms with E-state index < -0.39 is 5.97 Å². The maximum atomic E-state index is 11.0. The molecule has 0 saturated heterocycles. The summed E-state index contributed by atoms with van der Waals surface area (Å²) in [6.45, 7) is 0. The Morgan fingerprint density at radius 3 is 2.64 bits per heavy atom. The fourth-order valence-electron chi connectivity index (χ4n) is 2.14. The highest BCUT2D eigenvalue weighted by Gasteiger charge is 2.33. The molecule has 1 aliphatic carbocycles. The van der Waals surface area contributed by atoms with Crippen molar-refractivity contribution in [3.05, 3.63) is 35.4 Å². The number of hydrogen-bond acceptors (Lipinski definition) is 2. The van der Waals surface area contributed by atoms with Crippen LogP contribution in [0.3, 0.4) is 0 Å². The molecule has 0 heterocycles. The lowest BCUT2D eigenvalue weighted by Crippen LogP contribution is -2.14. The first kappa shape index (κ1) is 9.21. The van der Waals surface area contributed by atoms with Gasteiger partial charge in [-0.25, -0.2) is 0 Å². The second-order valence-corrected chi connectivity index (χ2v) is 3.60. The van der Waals surface area contributed by atoms with Crippen LogP contribution in [0.15, 0.2) is 24.3 Å². The van der Waals surface area contributed by atoms with Crippen molar-refractivity contribution in [1.82, 2.24) is 5.32 Å².